The minimum Gasteiger partial charge on any atom is -0.497 e. The maximum Gasteiger partial charge on any atom is 0.412 e. The molecule has 4 heterocycles. The van der Waals surface area contributed by atoms with Gasteiger partial charge >= 0.3 is 6.09 Å². The van der Waals surface area contributed by atoms with Crippen LogP contribution < -0.4 is 19.5 Å². The Hall–Kier alpha value is -3.90. The van der Waals surface area contributed by atoms with E-state index in [9.17, 15) is 4.79 Å². The molecule has 12 heteroatoms. The summed E-state index contributed by atoms with van der Waals surface area (Å²) in [6, 6.07) is 12.3. The van der Waals surface area contributed by atoms with Crippen LogP contribution in [-0.4, -0.2) is 78.1 Å². The van der Waals surface area contributed by atoms with E-state index >= 15 is 0 Å². The number of hydrogen-bond donors (Lipinski definition) is 1. The Morgan fingerprint density at radius 1 is 1.06 bits per heavy atom. The third kappa shape index (κ3) is 4.10. The van der Waals surface area contributed by atoms with Gasteiger partial charge in [-0.2, -0.15) is 0 Å². The van der Waals surface area contributed by atoms with Crippen LogP contribution in [0.1, 0.15) is 6.04 Å². The third-order valence-corrected chi connectivity index (χ3v) is 6.16. The van der Waals surface area contributed by atoms with Gasteiger partial charge in [0.15, 0.2) is 23.4 Å². The van der Waals surface area contributed by atoms with Gasteiger partial charge in [-0.05, 0) is 40.8 Å². The molecule has 0 spiro atoms. The zero-order valence-corrected chi connectivity index (χ0v) is 18.8. The van der Waals surface area contributed by atoms with Gasteiger partial charge in [0.25, 0.3) is 0 Å². The van der Waals surface area contributed by atoms with E-state index in [1.54, 1.807) is 36.1 Å². The fourth-order valence-corrected chi connectivity index (χ4v) is 4.53. The second-order valence-corrected chi connectivity index (χ2v) is 8.27. The summed E-state index contributed by atoms with van der Waals surface area (Å²) in [4.78, 5) is 12.5. The first-order chi connectivity index (χ1) is 17.2. The molecular formula is C23H23N5O7. The van der Waals surface area contributed by atoms with Crippen LogP contribution in [0, 0.1) is 0 Å². The van der Waals surface area contributed by atoms with Crippen LogP contribution in [0.5, 0.6) is 17.2 Å². The van der Waals surface area contributed by atoms with Crippen molar-refractivity contribution in [1.82, 2.24) is 20.2 Å². The van der Waals surface area contributed by atoms with E-state index in [2.05, 4.69) is 20.8 Å². The van der Waals surface area contributed by atoms with Crippen molar-refractivity contribution in [3.8, 4) is 28.6 Å². The Balaban J connectivity index is 1.14. The monoisotopic (exact) mass is 481 g/mol. The highest BCUT2D eigenvalue weighted by atomic mass is 16.6. The molecule has 3 aliphatic heterocycles. The normalized spacial score (nSPS) is 24.6. The quantitative estimate of drug-likeness (QED) is 0.578. The van der Waals surface area contributed by atoms with Crippen LogP contribution in [0.3, 0.4) is 0 Å². The Morgan fingerprint density at radius 3 is 2.80 bits per heavy atom. The SMILES string of the molecule is COc1cccc(NC(=O)O[C@H]2CO[C@@H]3[C@@H]2OC[C@@H]3n2nnnc2-c2ccc3c(c2)OCCO3)c1. The number of nitrogens with one attached hydrogen (secondary N) is 1. The van der Waals surface area contributed by atoms with Gasteiger partial charge in [0, 0.05) is 17.3 Å². The van der Waals surface area contributed by atoms with Crippen molar-refractivity contribution in [2.45, 2.75) is 24.4 Å². The van der Waals surface area contributed by atoms with Crippen molar-refractivity contribution < 1.29 is 33.2 Å². The molecule has 1 N–H and O–H groups in total. The summed E-state index contributed by atoms with van der Waals surface area (Å²) in [5.74, 6) is 2.52. The van der Waals surface area contributed by atoms with Gasteiger partial charge in [0.1, 0.15) is 37.2 Å². The molecule has 4 atom stereocenters. The van der Waals surface area contributed by atoms with Crippen molar-refractivity contribution in [3.63, 3.8) is 0 Å². The highest BCUT2D eigenvalue weighted by molar-refractivity contribution is 5.85. The summed E-state index contributed by atoms with van der Waals surface area (Å²) in [6.45, 7) is 1.53. The number of carbonyl (C=O) groups is 1. The smallest absolute Gasteiger partial charge is 0.412 e. The number of aromatic nitrogens is 4. The Morgan fingerprint density at radius 2 is 1.91 bits per heavy atom. The van der Waals surface area contributed by atoms with Crippen molar-refractivity contribution in [1.29, 1.82) is 0 Å². The standard InChI is InChI=1S/C23H23N5O7/c1-30-15-4-2-3-14(10-15)24-23(29)35-19-12-34-20-16(11-33-21(19)20)28-22(25-26-27-28)13-5-6-17-18(9-13)32-8-7-31-17/h2-6,9-10,16,19-21H,7-8,11-12H2,1H3,(H,24,29)/t16-,19-,20-,21+/m0/s1. The van der Waals surface area contributed by atoms with Crippen LogP contribution >= 0.6 is 0 Å². The van der Waals surface area contributed by atoms with E-state index in [0.29, 0.717) is 48.6 Å². The summed E-state index contributed by atoms with van der Waals surface area (Å²) >= 11 is 0. The molecule has 0 radical (unpaired) electrons. The van der Waals surface area contributed by atoms with Crippen molar-refractivity contribution in [2.75, 3.05) is 38.9 Å². The molecule has 0 unspecified atom stereocenters. The zero-order chi connectivity index (χ0) is 23.8. The first-order valence-electron chi connectivity index (χ1n) is 11.2. The average Bonchev–Trinajstić information content (AvgIpc) is 3.61. The highest BCUT2D eigenvalue weighted by Crippen LogP contribution is 2.38. The fourth-order valence-electron chi connectivity index (χ4n) is 4.53. The molecule has 2 fully saturated rings. The van der Waals surface area contributed by atoms with E-state index in [4.69, 9.17) is 28.4 Å². The molecule has 1 amide bonds. The van der Waals surface area contributed by atoms with E-state index in [-0.39, 0.29) is 18.8 Å². The molecule has 0 saturated carbocycles. The molecule has 3 aromatic rings. The maximum absolute atomic E-state index is 12.5. The number of methoxy groups -OCH3 is 1. The lowest BCUT2D eigenvalue weighted by molar-refractivity contribution is 0.00774. The molecule has 35 heavy (non-hydrogen) atoms. The summed E-state index contributed by atoms with van der Waals surface area (Å²) in [5.41, 5.74) is 1.35. The molecule has 3 aliphatic rings. The van der Waals surface area contributed by atoms with E-state index < -0.39 is 18.3 Å². The van der Waals surface area contributed by atoms with Crippen molar-refractivity contribution >= 4 is 11.8 Å². The minimum atomic E-state index is -0.598. The number of fused-ring (bicyclic) bond motifs is 2. The third-order valence-electron chi connectivity index (χ3n) is 6.16. The van der Waals surface area contributed by atoms with E-state index in [1.165, 1.54) is 0 Å². The number of nitrogens with zero attached hydrogens (tertiary/aromatic N) is 4. The van der Waals surface area contributed by atoms with Crippen LogP contribution in [0.2, 0.25) is 0 Å². The largest absolute Gasteiger partial charge is 0.497 e. The first-order valence-corrected chi connectivity index (χ1v) is 11.2. The second-order valence-electron chi connectivity index (χ2n) is 8.27. The number of amides is 1. The summed E-state index contributed by atoms with van der Waals surface area (Å²) in [5, 5.41) is 15.0. The fraction of sp³-hybridized carbons (Fsp3) is 0.391. The number of benzene rings is 2. The van der Waals surface area contributed by atoms with Crippen LogP contribution in [0.25, 0.3) is 11.4 Å². The lowest BCUT2D eigenvalue weighted by Crippen LogP contribution is -2.35. The van der Waals surface area contributed by atoms with Gasteiger partial charge in [0.2, 0.25) is 0 Å². The van der Waals surface area contributed by atoms with Crippen molar-refractivity contribution in [3.05, 3.63) is 42.5 Å². The Labute approximate surface area is 200 Å². The van der Waals surface area contributed by atoms with Crippen LogP contribution in [0.4, 0.5) is 10.5 Å². The van der Waals surface area contributed by atoms with Gasteiger partial charge in [-0.25, -0.2) is 9.48 Å². The van der Waals surface area contributed by atoms with Gasteiger partial charge in [-0.15, -0.1) is 5.10 Å². The maximum atomic E-state index is 12.5. The molecule has 2 saturated heterocycles. The first kappa shape index (κ1) is 21.6. The molecule has 1 aromatic heterocycles. The van der Waals surface area contributed by atoms with Crippen molar-refractivity contribution in [2.24, 2.45) is 0 Å². The molecular weight excluding hydrogens is 458 g/mol. The van der Waals surface area contributed by atoms with E-state index in [1.807, 2.05) is 18.2 Å². The van der Waals surface area contributed by atoms with E-state index in [0.717, 1.165) is 5.56 Å². The molecule has 12 nitrogen and oxygen atoms in total. The molecule has 6 rings (SSSR count). The lowest BCUT2D eigenvalue weighted by atomic mass is 10.1. The van der Waals surface area contributed by atoms with Gasteiger partial charge in [-0.3, -0.25) is 5.32 Å². The second kappa shape index (κ2) is 9.04. The van der Waals surface area contributed by atoms with Gasteiger partial charge in [0.05, 0.1) is 20.3 Å². The Bertz CT molecular complexity index is 1230. The number of hydrogen-bond acceptors (Lipinski definition) is 10. The zero-order valence-electron chi connectivity index (χ0n) is 18.8. The summed E-state index contributed by atoms with van der Waals surface area (Å²) in [6.07, 6.45) is -1.97. The van der Waals surface area contributed by atoms with Gasteiger partial charge < -0.3 is 28.4 Å². The van der Waals surface area contributed by atoms with Crippen LogP contribution in [-0.2, 0) is 14.2 Å². The average molecular weight is 481 g/mol. The molecule has 0 bridgehead atoms. The number of carbonyl (C=O) groups excluding carboxylic acids is 1. The van der Waals surface area contributed by atoms with Crippen LogP contribution in [0.15, 0.2) is 42.5 Å². The molecule has 2 aromatic carbocycles. The molecule has 182 valence electrons. The lowest BCUT2D eigenvalue weighted by Gasteiger charge is -2.20. The summed E-state index contributed by atoms with van der Waals surface area (Å²) < 4.78 is 35.7. The summed E-state index contributed by atoms with van der Waals surface area (Å²) in [7, 11) is 1.56. The number of ether oxygens (including phenoxy) is 6. The number of anilines is 1. The highest BCUT2D eigenvalue weighted by Gasteiger charge is 2.51. The molecule has 0 aliphatic carbocycles. The Kier molecular flexibility index (Phi) is 5.58. The minimum absolute atomic E-state index is 0.207. The predicted octanol–water partition coefficient (Wildman–Crippen LogP) is 2.08. The topological polar surface area (TPSA) is 128 Å². The predicted molar refractivity (Wildman–Crippen MR) is 120 cm³/mol. The number of rotatable bonds is 5. The van der Waals surface area contributed by atoms with Gasteiger partial charge in [-0.1, -0.05) is 6.07 Å². The number of tetrazole rings is 1.